The third-order valence-electron chi connectivity index (χ3n) is 5.83. The summed E-state index contributed by atoms with van der Waals surface area (Å²) in [6, 6.07) is 14.7. The molecule has 5 atom stereocenters. The third kappa shape index (κ3) is 5.84. The lowest BCUT2D eigenvalue weighted by atomic mass is 9.93. The predicted molar refractivity (Wildman–Crippen MR) is 126 cm³/mol. The molecule has 0 spiro atoms. The van der Waals surface area contributed by atoms with Crippen LogP contribution in [0.5, 0.6) is 0 Å². The van der Waals surface area contributed by atoms with Crippen LogP contribution in [-0.2, 0) is 28.5 Å². The van der Waals surface area contributed by atoms with Gasteiger partial charge in [0.2, 0.25) is 0 Å². The molecule has 190 valence electrons. The van der Waals surface area contributed by atoms with Gasteiger partial charge in [-0.3, -0.25) is 9.08 Å². The van der Waals surface area contributed by atoms with Gasteiger partial charge in [-0.15, -0.1) is 0 Å². The fraction of sp³-hybridized carbons (Fsp3) is 0.480. The van der Waals surface area contributed by atoms with E-state index in [1.54, 1.807) is 32.9 Å². The van der Waals surface area contributed by atoms with Crippen molar-refractivity contribution in [1.82, 2.24) is 4.90 Å². The Morgan fingerprint density at radius 2 is 1.74 bits per heavy atom. The first-order valence-corrected chi connectivity index (χ1v) is 12.8. The number of rotatable bonds is 4. The average molecular weight is 506 g/mol. The molecular formula is C25H31NO8S. The highest BCUT2D eigenvalue weighted by atomic mass is 32.2. The molecule has 2 fully saturated rings. The maximum atomic E-state index is 13.1. The second-order valence-electron chi connectivity index (χ2n) is 9.77. The van der Waals surface area contributed by atoms with Crippen molar-refractivity contribution < 1.29 is 36.7 Å². The number of amides is 1. The molecule has 0 saturated carbocycles. The second kappa shape index (κ2) is 9.87. The lowest BCUT2D eigenvalue weighted by molar-refractivity contribution is -0.282. The van der Waals surface area contributed by atoms with Gasteiger partial charge in [0.05, 0.1) is 24.1 Å². The van der Waals surface area contributed by atoms with Crippen molar-refractivity contribution in [3.05, 3.63) is 65.7 Å². The Morgan fingerprint density at radius 1 is 1.09 bits per heavy atom. The van der Waals surface area contributed by atoms with Crippen molar-refractivity contribution in [2.24, 2.45) is 0 Å². The Morgan fingerprint density at radius 3 is 2.37 bits per heavy atom. The topological polar surface area (TPSA) is 112 Å². The van der Waals surface area contributed by atoms with Crippen LogP contribution in [0.2, 0.25) is 0 Å². The van der Waals surface area contributed by atoms with Gasteiger partial charge in [0.15, 0.2) is 6.29 Å². The highest BCUT2D eigenvalue weighted by Crippen LogP contribution is 2.35. The molecule has 2 aromatic rings. The first kappa shape index (κ1) is 25.6. The van der Waals surface area contributed by atoms with Gasteiger partial charge >= 0.3 is 6.09 Å². The molecule has 10 heteroatoms. The molecule has 2 aliphatic rings. The average Bonchev–Trinajstić information content (AvgIpc) is 2.80. The summed E-state index contributed by atoms with van der Waals surface area (Å²) in [6.45, 7) is 6.89. The summed E-state index contributed by atoms with van der Waals surface area (Å²) in [5.41, 5.74) is 0.844. The summed E-state index contributed by atoms with van der Waals surface area (Å²) in [4.78, 5) is 14.3. The fourth-order valence-corrected chi connectivity index (χ4v) is 5.18. The monoisotopic (exact) mass is 505 g/mol. The summed E-state index contributed by atoms with van der Waals surface area (Å²) in [7, 11) is -4.22. The number of hydrogen-bond acceptors (Lipinski definition) is 8. The van der Waals surface area contributed by atoms with Gasteiger partial charge in [-0.05, 0) is 39.8 Å². The molecule has 0 aromatic heterocycles. The number of carbonyl (C=O) groups excluding carboxylic acids is 1. The number of piperidine rings is 1. The van der Waals surface area contributed by atoms with Gasteiger partial charge in [-0.2, -0.15) is 8.42 Å². The number of aryl methyl sites for hydroxylation is 1. The summed E-state index contributed by atoms with van der Waals surface area (Å²) in [6.07, 6.45) is -5.04. The fourth-order valence-electron chi connectivity index (χ4n) is 4.10. The number of fused-ring (bicyclic) bond motifs is 1. The van der Waals surface area contributed by atoms with Crippen LogP contribution in [0.1, 0.15) is 38.2 Å². The minimum atomic E-state index is -4.22. The van der Waals surface area contributed by atoms with Crippen LogP contribution in [0.25, 0.3) is 0 Å². The van der Waals surface area contributed by atoms with Crippen molar-refractivity contribution in [2.45, 2.75) is 68.8 Å². The summed E-state index contributed by atoms with van der Waals surface area (Å²) >= 11 is 0. The van der Waals surface area contributed by atoms with Crippen LogP contribution < -0.4 is 0 Å². The minimum Gasteiger partial charge on any atom is -0.444 e. The second-order valence-corrected chi connectivity index (χ2v) is 11.3. The van der Waals surface area contributed by atoms with Crippen molar-refractivity contribution in [1.29, 1.82) is 0 Å². The minimum absolute atomic E-state index is 0.0451. The van der Waals surface area contributed by atoms with Gasteiger partial charge < -0.3 is 19.3 Å². The molecule has 4 rings (SSSR count). The van der Waals surface area contributed by atoms with Crippen LogP contribution in [0.4, 0.5) is 4.79 Å². The first-order chi connectivity index (χ1) is 16.4. The molecule has 0 radical (unpaired) electrons. The predicted octanol–water partition coefficient (Wildman–Crippen LogP) is 3.16. The number of carbonyl (C=O) groups is 1. The van der Waals surface area contributed by atoms with E-state index in [0.29, 0.717) is 0 Å². The lowest BCUT2D eigenvalue weighted by Crippen LogP contribution is -2.67. The zero-order valence-corrected chi connectivity index (χ0v) is 21.0. The molecule has 2 heterocycles. The van der Waals surface area contributed by atoms with E-state index < -0.39 is 52.5 Å². The maximum absolute atomic E-state index is 13.1. The van der Waals surface area contributed by atoms with E-state index >= 15 is 0 Å². The van der Waals surface area contributed by atoms with E-state index in [4.69, 9.17) is 18.4 Å². The third-order valence-corrected chi connectivity index (χ3v) is 7.18. The molecule has 3 unspecified atom stereocenters. The normalized spacial score (nSPS) is 27.2. The van der Waals surface area contributed by atoms with Crippen LogP contribution in [0, 0.1) is 6.92 Å². The number of nitrogens with zero attached hydrogens (tertiary/aromatic N) is 1. The van der Waals surface area contributed by atoms with Gasteiger partial charge in [0, 0.05) is 5.56 Å². The number of aliphatic hydroxyl groups is 1. The molecule has 2 aromatic carbocycles. The highest BCUT2D eigenvalue weighted by Gasteiger charge is 2.51. The van der Waals surface area contributed by atoms with Crippen molar-refractivity contribution in [3.63, 3.8) is 0 Å². The Hall–Kier alpha value is -2.50. The van der Waals surface area contributed by atoms with Gasteiger partial charge in [-0.1, -0.05) is 48.0 Å². The molecular weight excluding hydrogens is 474 g/mol. The Labute approximate surface area is 205 Å². The van der Waals surface area contributed by atoms with Gasteiger partial charge in [0.1, 0.15) is 23.9 Å². The van der Waals surface area contributed by atoms with Crippen molar-refractivity contribution in [3.8, 4) is 0 Å². The van der Waals surface area contributed by atoms with Gasteiger partial charge in [-0.25, -0.2) is 4.79 Å². The number of ether oxygens (including phenoxy) is 3. The summed E-state index contributed by atoms with van der Waals surface area (Å²) < 4.78 is 48.9. The molecule has 0 bridgehead atoms. The van der Waals surface area contributed by atoms with Crippen LogP contribution in [0.3, 0.4) is 0 Å². The molecule has 9 nitrogen and oxygen atoms in total. The lowest BCUT2D eigenvalue weighted by Gasteiger charge is -2.49. The highest BCUT2D eigenvalue weighted by molar-refractivity contribution is 7.86. The molecule has 2 aliphatic heterocycles. The van der Waals surface area contributed by atoms with Crippen molar-refractivity contribution in [2.75, 3.05) is 13.2 Å². The maximum Gasteiger partial charge on any atom is 0.410 e. The van der Waals surface area contributed by atoms with E-state index in [-0.39, 0.29) is 18.0 Å². The number of benzene rings is 2. The van der Waals surface area contributed by atoms with Crippen molar-refractivity contribution >= 4 is 16.2 Å². The molecule has 1 N–H and O–H groups in total. The van der Waals surface area contributed by atoms with Crippen LogP contribution in [0.15, 0.2) is 59.5 Å². The van der Waals surface area contributed by atoms with Crippen LogP contribution >= 0.6 is 0 Å². The quantitative estimate of drug-likeness (QED) is 0.631. The van der Waals surface area contributed by atoms with E-state index in [2.05, 4.69) is 0 Å². The van der Waals surface area contributed by atoms with E-state index in [1.807, 2.05) is 37.3 Å². The number of likely N-dealkylation sites (tertiary alicyclic amines) is 1. The number of hydrogen-bond donors (Lipinski definition) is 1. The molecule has 2 saturated heterocycles. The van der Waals surface area contributed by atoms with Gasteiger partial charge in [0.25, 0.3) is 10.1 Å². The zero-order valence-electron chi connectivity index (χ0n) is 20.2. The van der Waals surface area contributed by atoms with Crippen LogP contribution in [-0.4, -0.2) is 67.6 Å². The smallest absolute Gasteiger partial charge is 0.410 e. The summed E-state index contributed by atoms with van der Waals surface area (Å²) in [5.74, 6) is 0. The molecule has 35 heavy (non-hydrogen) atoms. The number of aliphatic hydroxyl groups excluding tert-OH is 1. The standard InChI is InChI=1S/C25H31NO8S/c1-16-10-12-18(13-11-16)35(29,30)34-20-14-26(24(28)33-25(2,3)4)19-15-31-23(32-22(19)21(20)27)17-8-6-5-7-9-17/h5-13,19-23,27H,14-15H2,1-4H3/t19?,20?,21-,22-,23?/m1/s1. The SMILES string of the molecule is Cc1ccc(S(=O)(=O)OC2CN(C(=O)OC(C)(C)C)C3COC(c4ccccc4)O[C@H]3[C@@H]2O)cc1. The zero-order chi connectivity index (χ0) is 25.4. The van der Waals surface area contributed by atoms with E-state index in [1.165, 1.54) is 17.0 Å². The first-order valence-electron chi connectivity index (χ1n) is 11.4. The Balaban J connectivity index is 1.62. The molecule has 1 amide bonds. The van der Waals surface area contributed by atoms with E-state index in [9.17, 15) is 18.3 Å². The molecule has 0 aliphatic carbocycles. The largest absolute Gasteiger partial charge is 0.444 e. The Kier molecular flexibility index (Phi) is 7.21. The van der Waals surface area contributed by atoms with E-state index in [0.717, 1.165) is 11.1 Å². The summed E-state index contributed by atoms with van der Waals surface area (Å²) in [5, 5.41) is 11.2. The Bertz CT molecular complexity index is 1130.